The van der Waals surface area contributed by atoms with Crippen molar-refractivity contribution in [3.05, 3.63) is 52.1 Å². The average molecular weight is 352 g/mol. The van der Waals surface area contributed by atoms with Crippen LogP contribution < -0.4 is 17.0 Å². The molecule has 9 heteroatoms. The van der Waals surface area contributed by atoms with Crippen LogP contribution in [0, 0.1) is 0 Å². The third-order valence-electron chi connectivity index (χ3n) is 4.30. The number of aromatic hydroxyl groups is 1. The van der Waals surface area contributed by atoms with Gasteiger partial charge in [0, 0.05) is 17.4 Å². The molecule has 6 N–H and O–H groups in total. The average Bonchev–Trinajstić information content (AvgIpc) is 3.33. The Bertz CT molecular complexity index is 1120. The largest absolute Gasteiger partial charge is 0.506 e. The number of nitrogens with two attached hydrogens (primary N) is 2. The van der Waals surface area contributed by atoms with Gasteiger partial charge in [0.2, 0.25) is 5.56 Å². The van der Waals surface area contributed by atoms with Gasteiger partial charge in [-0.3, -0.25) is 9.59 Å². The summed E-state index contributed by atoms with van der Waals surface area (Å²) in [6.45, 7) is 0. The molecule has 2 aromatic heterocycles. The number of hydrogen-bond acceptors (Lipinski definition) is 4. The number of H-pyrrole nitrogens is 1. The third kappa shape index (κ3) is 2.59. The molecular weight excluding hydrogens is 336 g/mol. The first-order valence-electron chi connectivity index (χ1n) is 8.03. The number of phenolic OH excluding ortho intramolecular Hbond substituents is 1. The molecule has 3 aromatic rings. The number of pyridine rings is 1. The predicted octanol–water partition coefficient (Wildman–Crippen LogP) is 0.710. The van der Waals surface area contributed by atoms with E-state index in [2.05, 4.69) is 15.1 Å². The van der Waals surface area contributed by atoms with Crippen molar-refractivity contribution in [1.82, 2.24) is 14.8 Å². The molecule has 0 saturated heterocycles. The van der Waals surface area contributed by atoms with E-state index in [1.165, 1.54) is 23.0 Å². The van der Waals surface area contributed by atoms with Gasteiger partial charge in [0.15, 0.2) is 5.96 Å². The van der Waals surface area contributed by atoms with E-state index in [0.29, 0.717) is 27.8 Å². The smallest absolute Gasteiger partial charge is 0.283 e. The number of aromatic nitrogens is 3. The summed E-state index contributed by atoms with van der Waals surface area (Å²) in [4.78, 5) is 30.2. The monoisotopic (exact) mass is 352 g/mol. The molecule has 1 saturated carbocycles. The van der Waals surface area contributed by atoms with Crippen molar-refractivity contribution in [2.75, 3.05) is 0 Å². The Hall–Kier alpha value is -3.62. The molecule has 132 valence electrons. The molecule has 0 aliphatic heterocycles. The van der Waals surface area contributed by atoms with Crippen molar-refractivity contribution in [1.29, 1.82) is 0 Å². The summed E-state index contributed by atoms with van der Waals surface area (Å²) >= 11 is 0. The quantitative estimate of drug-likeness (QED) is 0.402. The number of carbonyl (C=O) groups is 1. The summed E-state index contributed by atoms with van der Waals surface area (Å²) in [5.41, 5.74) is 12.3. The lowest BCUT2D eigenvalue weighted by atomic mass is 10.1. The predicted molar refractivity (Wildman–Crippen MR) is 95.5 cm³/mol. The van der Waals surface area contributed by atoms with Gasteiger partial charge < -0.3 is 21.6 Å². The number of nitrogens with one attached hydrogen (secondary N) is 1. The van der Waals surface area contributed by atoms with Crippen LogP contribution in [0.4, 0.5) is 0 Å². The van der Waals surface area contributed by atoms with E-state index in [9.17, 15) is 14.7 Å². The van der Waals surface area contributed by atoms with Crippen LogP contribution in [0.15, 0.2) is 40.2 Å². The Morgan fingerprint density at radius 1 is 1.27 bits per heavy atom. The minimum Gasteiger partial charge on any atom is -0.506 e. The highest BCUT2D eigenvalue weighted by Gasteiger charge is 2.33. The molecule has 1 amide bonds. The fourth-order valence-electron chi connectivity index (χ4n) is 3.06. The van der Waals surface area contributed by atoms with Crippen LogP contribution in [0.1, 0.15) is 34.8 Å². The Morgan fingerprint density at radius 3 is 2.73 bits per heavy atom. The van der Waals surface area contributed by atoms with Gasteiger partial charge in [0.05, 0.1) is 23.0 Å². The minimum absolute atomic E-state index is 0.0182. The van der Waals surface area contributed by atoms with Gasteiger partial charge in [0.1, 0.15) is 11.4 Å². The maximum atomic E-state index is 12.3. The molecule has 1 fully saturated rings. The first-order valence-corrected chi connectivity index (χ1v) is 8.03. The number of hydrogen-bond donors (Lipinski definition) is 4. The molecule has 0 unspecified atom stereocenters. The summed E-state index contributed by atoms with van der Waals surface area (Å²) in [6.07, 6.45) is 3.19. The van der Waals surface area contributed by atoms with E-state index in [1.807, 2.05) is 0 Å². The first-order chi connectivity index (χ1) is 12.5. The van der Waals surface area contributed by atoms with Gasteiger partial charge in [-0.05, 0) is 31.0 Å². The van der Waals surface area contributed by atoms with E-state index in [4.69, 9.17) is 11.5 Å². The lowest BCUT2D eigenvalue weighted by molar-refractivity contribution is 0.100. The molecule has 1 aliphatic rings. The molecule has 2 heterocycles. The van der Waals surface area contributed by atoms with Crippen LogP contribution in [0.25, 0.3) is 16.6 Å². The second kappa shape index (κ2) is 5.73. The number of benzene rings is 1. The molecule has 0 bridgehead atoms. The summed E-state index contributed by atoms with van der Waals surface area (Å²) in [6, 6.07) is 6.07. The van der Waals surface area contributed by atoms with Crippen LogP contribution >= 0.6 is 0 Å². The number of rotatable bonds is 3. The number of guanidine groups is 1. The zero-order valence-corrected chi connectivity index (χ0v) is 13.6. The highest BCUT2D eigenvalue weighted by molar-refractivity contribution is 6.03. The van der Waals surface area contributed by atoms with Crippen LogP contribution in [0.5, 0.6) is 5.75 Å². The number of amides is 1. The van der Waals surface area contributed by atoms with E-state index in [0.717, 1.165) is 12.8 Å². The minimum atomic E-state index is -0.578. The van der Waals surface area contributed by atoms with Crippen molar-refractivity contribution >= 4 is 22.8 Å². The van der Waals surface area contributed by atoms with Gasteiger partial charge in [-0.15, -0.1) is 0 Å². The Balaban J connectivity index is 1.98. The van der Waals surface area contributed by atoms with E-state index in [-0.39, 0.29) is 23.2 Å². The van der Waals surface area contributed by atoms with E-state index < -0.39 is 5.91 Å². The van der Waals surface area contributed by atoms with Crippen LogP contribution in [0.3, 0.4) is 0 Å². The lowest BCUT2D eigenvalue weighted by Crippen LogP contribution is -2.24. The summed E-state index contributed by atoms with van der Waals surface area (Å²) in [7, 11) is 0. The molecule has 1 aromatic carbocycles. The topological polar surface area (TPSA) is 152 Å². The zero-order valence-electron chi connectivity index (χ0n) is 13.6. The lowest BCUT2D eigenvalue weighted by Gasteiger charge is -2.12. The van der Waals surface area contributed by atoms with Gasteiger partial charge in [-0.25, -0.2) is 4.68 Å². The molecule has 0 radical (unpaired) electrons. The number of carbonyl (C=O) groups excluding carboxylic acids is 1. The van der Waals surface area contributed by atoms with Gasteiger partial charge in [-0.1, -0.05) is 0 Å². The van der Waals surface area contributed by atoms with Gasteiger partial charge in [0.25, 0.3) is 5.91 Å². The highest BCUT2D eigenvalue weighted by Crippen LogP contribution is 2.44. The zero-order chi connectivity index (χ0) is 18.4. The second-order valence-electron chi connectivity index (χ2n) is 6.19. The van der Waals surface area contributed by atoms with Crippen molar-refractivity contribution in [3.63, 3.8) is 0 Å². The van der Waals surface area contributed by atoms with Crippen molar-refractivity contribution < 1.29 is 9.90 Å². The molecule has 9 nitrogen and oxygen atoms in total. The van der Waals surface area contributed by atoms with Crippen LogP contribution in [-0.2, 0) is 0 Å². The maximum absolute atomic E-state index is 12.3. The maximum Gasteiger partial charge on any atom is 0.283 e. The van der Waals surface area contributed by atoms with Crippen LogP contribution in [-0.4, -0.2) is 31.7 Å². The number of aliphatic imine (C=N–C) groups is 1. The standard InChI is InChI=1S/C17H16N6O3/c18-17(19)22-16(26)10-7-20-23(14(10)8-1-2-8)15-9-3-6-13(25)21-11(9)4-5-12(15)24/h3-8,24H,1-2H2,(H,21,25)(H4,18,19,22,26). The third-order valence-corrected chi connectivity index (χ3v) is 4.30. The molecule has 4 rings (SSSR count). The molecule has 0 atom stereocenters. The fourth-order valence-corrected chi connectivity index (χ4v) is 3.06. The number of fused-ring (bicyclic) bond motifs is 1. The SMILES string of the molecule is NC(N)=NC(=O)c1cnn(-c2c(O)ccc3[nH]c(=O)ccc23)c1C1CC1. The highest BCUT2D eigenvalue weighted by atomic mass is 16.3. The van der Waals surface area contributed by atoms with Gasteiger partial charge in [-0.2, -0.15) is 10.1 Å². The first kappa shape index (κ1) is 15.9. The van der Waals surface area contributed by atoms with Crippen molar-refractivity contribution in [3.8, 4) is 11.4 Å². The molecule has 0 spiro atoms. The number of nitrogens with zero attached hydrogens (tertiary/aromatic N) is 3. The second-order valence-corrected chi connectivity index (χ2v) is 6.19. The molecular formula is C17H16N6O3. The van der Waals surface area contributed by atoms with Gasteiger partial charge >= 0.3 is 0 Å². The van der Waals surface area contributed by atoms with Crippen molar-refractivity contribution in [2.45, 2.75) is 18.8 Å². The van der Waals surface area contributed by atoms with E-state index >= 15 is 0 Å². The Kier molecular flexibility index (Phi) is 3.50. The van der Waals surface area contributed by atoms with Crippen molar-refractivity contribution in [2.24, 2.45) is 16.5 Å². The normalized spacial score (nSPS) is 13.7. The molecule has 26 heavy (non-hydrogen) atoms. The van der Waals surface area contributed by atoms with Crippen LogP contribution in [0.2, 0.25) is 0 Å². The fraction of sp³-hybridized carbons (Fsp3) is 0.176. The summed E-state index contributed by atoms with van der Waals surface area (Å²) < 4.78 is 1.53. The summed E-state index contributed by atoms with van der Waals surface area (Å²) in [5.74, 6) is -0.792. The Labute approximate surface area is 147 Å². The number of aromatic amines is 1. The molecule has 1 aliphatic carbocycles. The van der Waals surface area contributed by atoms with E-state index in [1.54, 1.807) is 12.1 Å². The summed E-state index contributed by atoms with van der Waals surface area (Å²) in [5, 5.41) is 15.4. The number of phenols is 1. The Morgan fingerprint density at radius 2 is 2.04 bits per heavy atom.